The number of carboxylic acid groups (broad SMARTS) is 1. The van der Waals surface area contributed by atoms with Gasteiger partial charge in [-0.05, 0) is 18.8 Å². The van der Waals surface area contributed by atoms with Crippen molar-refractivity contribution in [1.82, 2.24) is 0 Å². The van der Waals surface area contributed by atoms with Gasteiger partial charge in [0.1, 0.15) is 12.2 Å². The van der Waals surface area contributed by atoms with E-state index >= 15 is 0 Å². The molecule has 0 bridgehead atoms. The molecule has 0 amide bonds. The van der Waals surface area contributed by atoms with Crippen LogP contribution in [0.15, 0.2) is 12.1 Å². The van der Waals surface area contributed by atoms with E-state index in [1.54, 1.807) is 0 Å². The average molecular weight is 298 g/mol. The van der Waals surface area contributed by atoms with Crippen LogP contribution >= 0.6 is 0 Å². The third kappa shape index (κ3) is 3.59. The van der Waals surface area contributed by atoms with Gasteiger partial charge in [-0.25, -0.2) is 4.39 Å². The first-order valence-corrected chi connectivity index (χ1v) is 6.41. The van der Waals surface area contributed by atoms with Gasteiger partial charge in [0.25, 0.3) is 5.69 Å². The smallest absolute Gasteiger partial charge is 0.323 e. The highest BCUT2D eigenvalue weighted by Crippen LogP contribution is 2.37. The lowest BCUT2D eigenvalue weighted by atomic mass is 10.2. The Bertz CT molecular complexity index is 574. The maximum atomic E-state index is 13.6. The van der Waals surface area contributed by atoms with Crippen molar-refractivity contribution in [3.63, 3.8) is 0 Å². The van der Waals surface area contributed by atoms with Gasteiger partial charge in [0.2, 0.25) is 0 Å². The third-order valence-corrected chi connectivity index (χ3v) is 3.29. The summed E-state index contributed by atoms with van der Waals surface area (Å²) >= 11 is 0. The van der Waals surface area contributed by atoms with Gasteiger partial charge in [-0.3, -0.25) is 14.9 Å². The molecule has 1 aliphatic carbocycles. The van der Waals surface area contributed by atoms with Gasteiger partial charge in [0, 0.05) is 12.6 Å². The zero-order valence-corrected chi connectivity index (χ0v) is 11.4. The Morgan fingerprint density at radius 3 is 2.71 bits per heavy atom. The molecule has 21 heavy (non-hydrogen) atoms. The Morgan fingerprint density at radius 1 is 1.57 bits per heavy atom. The number of carbonyl (C=O) groups is 1. The van der Waals surface area contributed by atoms with Crippen molar-refractivity contribution in [1.29, 1.82) is 0 Å². The van der Waals surface area contributed by atoms with Crippen molar-refractivity contribution in [3.8, 4) is 5.75 Å². The topological polar surface area (TPSA) is 92.9 Å². The number of hydrogen-bond donors (Lipinski definition) is 1. The number of aliphatic carboxylic acids is 1. The molecule has 0 aromatic heterocycles. The summed E-state index contributed by atoms with van der Waals surface area (Å²) in [6.07, 6.45) is 1.92. The molecule has 8 heteroatoms. The van der Waals surface area contributed by atoms with Crippen molar-refractivity contribution in [3.05, 3.63) is 28.1 Å². The molecular formula is C13H15FN2O5. The molecule has 1 saturated carbocycles. The standard InChI is InChI=1S/C13H15FN2O5/c1-21-12-5-10(11(16(19)20)4-9(12)14)15(7-13(17)18)6-8-2-3-8/h4-5,8H,2-3,6-7H2,1H3,(H,17,18). The van der Waals surface area contributed by atoms with Crippen LogP contribution in [0, 0.1) is 21.8 Å². The van der Waals surface area contributed by atoms with Gasteiger partial charge >= 0.3 is 5.97 Å². The number of ether oxygens (including phenoxy) is 1. The van der Waals surface area contributed by atoms with Crippen molar-refractivity contribution in [2.24, 2.45) is 5.92 Å². The van der Waals surface area contributed by atoms with Gasteiger partial charge in [-0.1, -0.05) is 0 Å². The van der Waals surface area contributed by atoms with Gasteiger partial charge < -0.3 is 14.7 Å². The van der Waals surface area contributed by atoms with E-state index in [0.29, 0.717) is 12.5 Å². The lowest BCUT2D eigenvalue weighted by Crippen LogP contribution is -2.32. The largest absolute Gasteiger partial charge is 0.494 e. The van der Waals surface area contributed by atoms with Crippen molar-refractivity contribution in [2.45, 2.75) is 12.8 Å². The fourth-order valence-electron chi connectivity index (χ4n) is 2.11. The molecule has 1 aromatic rings. The molecule has 0 atom stereocenters. The molecule has 1 aliphatic rings. The van der Waals surface area contributed by atoms with E-state index in [-0.39, 0.29) is 18.0 Å². The van der Waals surface area contributed by atoms with Crippen LogP contribution in [0.3, 0.4) is 0 Å². The molecule has 0 saturated heterocycles. The maximum Gasteiger partial charge on any atom is 0.323 e. The van der Waals surface area contributed by atoms with Crippen LogP contribution in [-0.4, -0.2) is 36.2 Å². The van der Waals surface area contributed by atoms with E-state index in [1.165, 1.54) is 18.1 Å². The molecule has 114 valence electrons. The minimum Gasteiger partial charge on any atom is -0.494 e. The van der Waals surface area contributed by atoms with E-state index in [4.69, 9.17) is 9.84 Å². The SMILES string of the molecule is COc1cc(N(CC(=O)O)CC2CC2)c([N+](=O)[O-])cc1F. The first-order valence-electron chi connectivity index (χ1n) is 6.41. The Labute approximate surface area is 120 Å². The Morgan fingerprint density at radius 2 is 2.24 bits per heavy atom. The second-order valence-corrected chi connectivity index (χ2v) is 4.95. The third-order valence-electron chi connectivity index (χ3n) is 3.29. The zero-order valence-electron chi connectivity index (χ0n) is 11.4. The van der Waals surface area contributed by atoms with Crippen LogP contribution in [0.2, 0.25) is 0 Å². The summed E-state index contributed by atoms with van der Waals surface area (Å²) in [6.45, 7) is 0.00799. The number of carboxylic acids is 1. The van der Waals surface area contributed by atoms with Gasteiger partial charge in [0.05, 0.1) is 18.1 Å². The summed E-state index contributed by atoms with van der Waals surface area (Å²) in [4.78, 5) is 22.7. The summed E-state index contributed by atoms with van der Waals surface area (Å²) in [5.41, 5.74) is -0.400. The quantitative estimate of drug-likeness (QED) is 0.611. The molecule has 0 heterocycles. The monoisotopic (exact) mass is 298 g/mol. The Balaban J connectivity index is 2.44. The molecular weight excluding hydrogens is 283 g/mol. The number of nitrogens with zero attached hydrogens (tertiary/aromatic N) is 2. The summed E-state index contributed by atoms with van der Waals surface area (Å²) < 4.78 is 18.5. The van der Waals surface area contributed by atoms with Crippen molar-refractivity contribution >= 4 is 17.3 Å². The van der Waals surface area contributed by atoms with E-state index < -0.39 is 22.4 Å². The number of halogens is 1. The van der Waals surface area contributed by atoms with Crippen LogP contribution in [0.25, 0.3) is 0 Å². The van der Waals surface area contributed by atoms with Crippen molar-refractivity contribution < 1.29 is 24.0 Å². The normalized spacial score (nSPS) is 13.8. The Hall–Kier alpha value is -2.38. The zero-order chi connectivity index (χ0) is 15.6. The predicted octanol–water partition coefficient (Wildman–Crippen LogP) is 2.04. The number of anilines is 1. The summed E-state index contributed by atoms with van der Waals surface area (Å²) in [6, 6.07) is 1.94. The van der Waals surface area contributed by atoms with Crippen molar-refractivity contribution in [2.75, 3.05) is 25.1 Å². The highest BCUT2D eigenvalue weighted by atomic mass is 19.1. The number of methoxy groups -OCH3 is 1. The maximum absolute atomic E-state index is 13.6. The Kier molecular flexibility index (Phi) is 4.25. The number of nitro benzene ring substituents is 1. The average Bonchev–Trinajstić information content (AvgIpc) is 3.21. The van der Waals surface area contributed by atoms with E-state index in [9.17, 15) is 19.3 Å². The van der Waals surface area contributed by atoms with Crippen LogP contribution < -0.4 is 9.64 Å². The second kappa shape index (κ2) is 5.94. The molecule has 0 spiro atoms. The molecule has 0 radical (unpaired) electrons. The lowest BCUT2D eigenvalue weighted by Gasteiger charge is -2.23. The lowest BCUT2D eigenvalue weighted by molar-refractivity contribution is -0.384. The van der Waals surface area contributed by atoms with Crippen LogP contribution in [-0.2, 0) is 4.79 Å². The molecule has 2 rings (SSSR count). The summed E-state index contributed by atoms with van der Waals surface area (Å²) in [5, 5.41) is 20.1. The van der Waals surface area contributed by atoms with Gasteiger partial charge in [-0.15, -0.1) is 0 Å². The number of nitro groups is 1. The molecule has 0 unspecified atom stereocenters. The first kappa shape index (κ1) is 15.0. The highest BCUT2D eigenvalue weighted by Gasteiger charge is 2.30. The highest BCUT2D eigenvalue weighted by molar-refractivity contribution is 5.77. The number of rotatable bonds is 7. The van der Waals surface area contributed by atoms with Crippen LogP contribution in [0.5, 0.6) is 5.75 Å². The van der Waals surface area contributed by atoms with Crippen LogP contribution in [0.1, 0.15) is 12.8 Å². The fraction of sp³-hybridized carbons (Fsp3) is 0.462. The second-order valence-electron chi connectivity index (χ2n) is 4.95. The number of benzene rings is 1. The summed E-state index contributed by atoms with van der Waals surface area (Å²) in [5.74, 6) is -1.79. The van der Waals surface area contributed by atoms with E-state index in [2.05, 4.69) is 0 Å². The molecule has 1 fully saturated rings. The van der Waals surface area contributed by atoms with E-state index in [1.807, 2.05) is 0 Å². The van der Waals surface area contributed by atoms with Crippen LogP contribution in [0.4, 0.5) is 15.8 Å². The molecule has 0 aliphatic heterocycles. The predicted molar refractivity (Wildman–Crippen MR) is 72.2 cm³/mol. The molecule has 1 N–H and O–H groups in total. The molecule has 1 aromatic carbocycles. The first-order chi connectivity index (χ1) is 9.92. The minimum atomic E-state index is -1.10. The van der Waals surface area contributed by atoms with Gasteiger partial charge in [-0.2, -0.15) is 0 Å². The van der Waals surface area contributed by atoms with Gasteiger partial charge in [0.15, 0.2) is 11.6 Å². The minimum absolute atomic E-state index is 0.0625. The van der Waals surface area contributed by atoms with E-state index in [0.717, 1.165) is 18.9 Å². The molecule has 7 nitrogen and oxygen atoms in total. The summed E-state index contributed by atoms with van der Waals surface area (Å²) in [7, 11) is 1.25. The fourth-order valence-corrected chi connectivity index (χ4v) is 2.11. The number of hydrogen-bond acceptors (Lipinski definition) is 5.